The summed E-state index contributed by atoms with van der Waals surface area (Å²) < 4.78 is 0. The maximum atomic E-state index is 8.25. The van der Waals surface area contributed by atoms with Crippen LogP contribution in [0.3, 0.4) is 0 Å². The van der Waals surface area contributed by atoms with E-state index in [1.807, 2.05) is 0 Å². The third kappa shape index (κ3) is 3.24. The molecule has 0 aromatic heterocycles. The van der Waals surface area contributed by atoms with Crippen LogP contribution in [0.4, 0.5) is 0 Å². The van der Waals surface area contributed by atoms with Gasteiger partial charge in [0.1, 0.15) is 0 Å². The Labute approximate surface area is 85.9 Å². The molecule has 4 heteroatoms. The van der Waals surface area contributed by atoms with Crippen LogP contribution in [0.25, 0.3) is 0 Å². The molecule has 0 spiro atoms. The molecule has 0 saturated heterocycles. The van der Waals surface area contributed by atoms with Gasteiger partial charge in [-0.1, -0.05) is 12.8 Å². The topological polar surface area (TPSA) is 40.5 Å². The minimum absolute atomic E-state index is 0. The van der Waals surface area contributed by atoms with Crippen LogP contribution in [-0.4, -0.2) is 68.6 Å². The predicted octanol–water partition coefficient (Wildman–Crippen LogP) is -1.03. The van der Waals surface area contributed by atoms with Crippen LogP contribution in [0.5, 0.6) is 0 Å². The molecule has 1 fully saturated rings. The molecule has 0 aromatic carbocycles. The summed E-state index contributed by atoms with van der Waals surface area (Å²) in [5, 5.41) is 16.5. The Bertz CT molecular complexity index is 54.9. The second-order valence-corrected chi connectivity index (χ2v) is 1.75. The molecule has 0 aromatic rings. The van der Waals surface area contributed by atoms with Gasteiger partial charge in [-0.2, -0.15) is 0 Å². The van der Waals surface area contributed by atoms with Gasteiger partial charge in [-0.15, -0.1) is 0 Å². The molecule has 1 saturated carbocycles. The van der Waals surface area contributed by atoms with Crippen LogP contribution in [-0.2, 0) is 0 Å². The molecule has 2 nitrogen and oxygen atoms in total. The molecule has 0 aliphatic heterocycles. The van der Waals surface area contributed by atoms with Crippen LogP contribution < -0.4 is 0 Å². The molecule has 0 heterocycles. The van der Waals surface area contributed by atoms with Crippen LogP contribution in [0.2, 0.25) is 5.82 Å². The first-order valence-electron chi connectivity index (χ1n) is 2.17. The summed E-state index contributed by atoms with van der Waals surface area (Å²) in [7, 11) is -1.04. The normalized spacial score (nSPS) is 18.0. The summed E-state index contributed by atoms with van der Waals surface area (Å²) in [4.78, 5) is 0. The molecule has 1 aliphatic rings. The summed E-state index contributed by atoms with van der Waals surface area (Å²) in [5.74, 6) is 0.213. The summed E-state index contributed by atoms with van der Waals surface area (Å²) >= 11 is 0. The fourth-order valence-corrected chi connectivity index (χ4v) is 0.394. The zero-order valence-corrected chi connectivity index (χ0v) is 3.46. The van der Waals surface area contributed by atoms with E-state index in [-0.39, 0.29) is 57.2 Å². The van der Waals surface area contributed by atoms with Crippen molar-refractivity contribution >= 4 is 58.5 Å². The number of hydrogen-bond donors (Lipinski definition) is 2. The quantitative estimate of drug-likeness (QED) is 0.441. The van der Waals surface area contributed by atoms with Crippen molar-refractivity contribution in [1.82, 2.24) is 0 Å². The van der Waals surface area contributed by atoms with Crippen LogP contribution in [0.15, 0.2) is 0 Å². The molecule has 2 N–H and O–H groups in total. The molecule has 0 radical (unpaired) electrons. The van der Waals surface area contributed by atoms with Gasteiger partial charge in [0.25, 0.3) is 0 Å². The molecule has 1 aliphatic carbocycles. The van der Waals surface area contributed by atoms with Gasteiger partial charge in [-0.3, -0.25) is 0 Å². The maximum absolute atomic E-state index is 8.25. The Kier molecular flexibility index (Phi) is 4.45. The Hall–Kier alpha value is 1.62. The van der Waals surface area contributed by atoms with Crippen LogP contribution in [0, 0.1) is 0 Å². The average Bonchev–Trinajstić information content (AvgIpc) is 2.06. The SMILES string of the molecule is OB(O)C1CC1.[KH]. The first kappa shape index (κ1) is 8.62. The van der Waals surface area contributed by atoms with Crippen molar-refractivity contribution in [2.75, 3.05) is 0 Å². The first-order chi connectivity index (χ1) is 2.80. The fourth-order valence-electron chi connectivity index (χ4n) is 0.394. The summed E-state index contributed by atoms with van der Waals surface area (Å²) in [6, 6.07) is 0. The van der Waals surface area contributed by atoms with E-state index in [4.69, 9.17) is 10.0 Å². The van der Waals surface area contributed by atoms with E-state index in [0.29, 0.717) is 0 Å². The molecule has 7 heavy (non-hydrogen) atoms. The summed E-state index contributed by atoms with van der Waals surface area (Å²) in [5.41, 5.74) is 0. The van der Waals surface area contributed by atoms with Gasteiger partial charge < -0.3 is 10.0 Å². The van der Waals surface area contributed by atoms with Crippen molar-refractivity contribution in [3.05, 3.63) is 0 Å². The van der Waals surface area contributed by atoms with E-state index in [2.05, 4.69) is 0 Å². The Morgan fingerprint density at radius 3 is 1.71 bits per heavy atom. The number of hydrogen-bond acceptors (Lipinski definition) is 2. The zero-order chi connectivity index (χ0) is 4.57. The second-order valence-electron chi connectivity index (χ2n) is 1.75. The summed E-state index contributed by atoms with van der Waals surface area (Å²) in [6.07, 6.45) is 2.00. The van der Waals surface area contributed by atoms with Crippen molar-refractivity contribution in [1.29, 1.82) is 0 Å². The first-order valence-corrected chi connectivity index (χ1v) is 2.17. The van der Waals surface area contributed by atoms with E-state index < -0.39 is 7.12 Å². The van der Waals surface area contributed by atoms with E-state index in [1.54, 1.807) is 0 Å². The Balaban J connectivity index is 0.000000360. The van der Waals surface area contributed by atoms with Gasteiger partial charge in [0.15, 0.2) is 0 Å². The van der Waals surface area contributed by atoms with Crippen LogP contribution >= 0.6 is 0 Å². The molecule has 1 rings (SSSR count). The van der Waals surface area contributed by atoms with E-state index in [0.717, 1.165) is 12.8 Å². The van der Waals surface area contributed by atoms with Crippen molar-refractivity contribution in [2.24, 2.45) is 0 Å². The van der Waals surface area contributed by atoms with Gasteiger partial charge in [0, 0.05) is 0 Å². The van der Waals surface area contributed by atoms with Crippen molar-refractivity contribution in [3.8, 4) is 0 Å². The third-order valence-corrected chi connectivity index (χ3v) is 1.04. The van der Waals surface area contributed by atoms with Gasteiger partial charge in [0.05, 0.1) is 0 Å². The fraction of sp³-hybridized carbons (Fsp3) is 1.00. The van der Waals surface area contributed by atoms with E-state index >= 15 is 0 Å². The Morgan fingerprint density at radius 2 is 1.71 bits per heavy atom. The summed E-state index contributed by atoms with van der Waals surface area (Å²) in [6.45, 7) is 0. The molecule has 0 unspecified atom stereocenters. The molecule has 0 amide bonds. The van der Waals surface area contributed by atoms with Gasteiger partial charge in [-0.25, -0.2) is 0 Å². The van der Waals surface area contributed by atoms with Gasteiger partial charge in [0.2, 0.25) is 0 Å². The average molecular weight is 126 g/mol. The number of rotatable bonds is 1. The van der Waals surface area contributed by atoms with Gasteiger partial charge in [-0.05, 0) is 5.82 Å². The molecular weight excluding hydrogens is 118 g/mol. The molecule has 0 bridgehead atoms. The van der Waals surface area contributed by atoms with Crippen molar-refractivity contribution < 1.29 is 10.0 Å². The third-order valence-electron chi connectivity index (χ3n) is 1.04. The zero-order valence-electron chi connectivity index (χ0n) is 3.46. The predicted molar refractivity (Wildman–Crippen MR) is 30.3 cm³/mol. The minimum atomic E-state index is -1.04. The molecule has 0 atom stereocenters. The standard InChI is InChI=1S/C3H7BO2.K.H/c5-4(6)3-1-2-3;;/h3,5-6H,1-2H2;;. The molecule has 36 valence electrons. The van der Waals surface area contributed by atoms with Gasteiger partial charge >= 0.3 is 58.5 Å². The van der Waals surface area contributed by atoms with Crippen LogP contribution in [0.1, 0.15) is 12.8 Å². The van der Waals surface area contributed by atoms with E-state index in [9.17, 15) is 0 Å². The molecular formula is C3H8BKO2. The Morgan fingerprint density at radius 1 is 1.29 bits per heavy atom. The second kappa shape index (κ2) is 3.61. The van der Waals surface area contributed by atoms with Crippen molar-refractivity contribution in [3.63, 3.8) is 0 Å². The van der Waals surface area contributed by atoms with E-state index in [1.165, 1.54) is 0 Å². The monoisotopic (exact) mass is 126 g/mol. The van der Waals surface area contributed by atoms with Crippen molar-refractivity contribution in [2.45, 2.75) is 18.7 Å².